The molecule has 0 heterocycles. The molecule has 0 aliphatic rings. The van der Waals surface area contributed by atoms with Crippen molar-refractivity contribution in [2.75, 3.05) is 0 Å². The molecular formula is C28H30N2O6. The highest BCUT2D eigenvalue weighted by Gasteiger charge is 2.26. The van der Waals surface area contributed by atoms with Crippen molar-refractivity contribution < 1.29 is 29.4 Å². The van der Waals surface area contributed by atoms with E-state index >= 15 is 0 Å². The van der Waals surface area contributed by atoms with Crippen LogP contribution in [-0.4, -0.2) is 34.0 Å². The Balaban J connectivity index is 0.000000450. The minimum atomic E-state index is -1.23. The number of benzene rings is 2. The van der Waals surface area contributed by atoms with Gasteiger partial charge in [-0.25, -0.2) is 9.59 Å². The number of rotatable bonds is 12. The van der Waals surface area contributed by atoms with E-state index in [-0.39, 0.29) is 11.1 Å². The first-order valence-corrected chi connectivity index (χ1v) is 10.8. The highest BCUT2D eigenvalue weighted by atomic mass is 16.4. The largest absolute Gasteiger partial charge is 0.478 e. The molecule has 2 amide bonds. The minimum absolute atomic E-state index is 0.190. The van der Waals surface area contributed by atoms with Gasteiger partial charge in [-0.3, -0.25) is 9.59 Å². The summed E-state index contributed by atoms with van der Waals surface area (Å²) in [4.78, 5) is 45.3. The van der Waals surface area contributed by atoms with Crippen molar-refractivity contribution in [2.24, 2.45) is 11.5 Å². The van der Waals surface area contributed by atoms with Gasteiger partial charge in [0.25, 0.3) is 0 Å². The van der Waals surface area contributed by atoms with Crippen LogP contribution >= 0.6 is 0 Å². The van der Waals surface area contributed by atoms with Gasteiger partial charge in [0, 0.05) is 11.1 Å². The molecule has 8 nitrogen and oxygen atoms in total. The van der Waals surface area contributed by atoms with Gasteiger partial charge in [-0.2, -0.15) is 0 Å². The van der Waals surface area contributed by atoms with Crippen LogP contribution in [0, 0.1) is 0 Å². The van der Waals surface area contributed by atoms with Crippen LogP contribution in [0.15, 0.2) is 74.9 Å². The summed E-state index contributed by atoms with van der Waals surface area (Å²) in [5, 5.41) is 17.1. The third-order valence-electron chi connectivity index (χ3n) is 5.21. The van der Waals surface area contributed by atoms with Crippen LogP contribution in [0.2, 0.25) is 0 Å². The highest BCUT2D eigenvalue weighted by molar-refractivity contribution is 6.03. The second-order valence-corrected chi connectivity index (χ2v) is 7.52. The second kappa shape index (κ2) is 13.9. The Morgan fingerprint density at radius 3 is 1.03 bits per heavy atom. The van der Waals surface area contributed by atoms with Crippen LogP contribution in [-0.2, 0) is 25.7 Å². The molecular weight excluding hydrogens is 460 g/mol. The van der Waals surface area contributed by atoms with Crippen molar-refractivity contribution in [2.45, 2.75) is 25.7 Å². The van der Waals surface area contributed by atoms with Gasteiger partial charge in [0.05, 0.1) is 11.1 Å². The lowest BCUT2D eigenvalue weighted by molar-refractivity contribution is 0.0651. The Labute approximate surface area is 209 Å². The van der Waals surface area contributed by atoms with Crippen molar-refractivity contribution in [1.29, 1.82) is 0 Å². The Morgan fingerprint density at radius 1 is 0.611 bits per heavy atom. The van der Waals surface area contributed by atoms with Crippen LogP contribution in [0.1, 0.15) is 63.7 Å². The number of amides is 2. The molecule has 2 aromatic carbocycles. The SMILES string of the molecule is C=CCc1c(CC=C)c(C(N)=O)c(CC=C)c(CC=C)c1C(N)=O.O=C(O)c1ccccc1C(=O)O. The number of nitrogens with two attached hydrogens (primary N) is 2. The second-order valence-electron chi connectivity index (χ2n) is 7.52. The van der Waals surface area contributed by atoms with E-state index in [9.17, 15) is 19.2 Å². The number of allylic oxidation sites excluding steroid dienone is 4. The quantitative estimate of drug-likeness (QED) is 0.330. The Morgan fingerprint density at radius 2 is 0.861 bits per heavy atom. The molecule has 8 heteroatoms. The summed E-state index contributed by atoms with van der Waals surface area (Å²) in [7, 11) is 0. The van der Waals surface area contributed by atoms with Gasteiger partial charge >= 0.3 is 11.9 Å². The third kappa shape index (κ3) is 6.89. The molecule has 0 spiro atoms. The van der Waals surface area contributed by atoms with Gasteiger partial charge in [-0.15, -0.1) is 26.3 Å². The first-order chi connectivity index (χ1) is 17.1. The Bertz CT molecular complexity index is 1090. The molecule has 2 rings (SSSR count). The zero-order valence-corrected chi connectivity index (χ0v) is 20.0. The van der Waals surface area contributed by atoms with Crippen LogP contribution in [0.3, 0.4) is 0 Å². The first kappa shape index (κ1) is 29.3. The van der Waals surface area contributed by atoms with Gasteiger partial charge < -0.3 is 21.7 Å². The Kier molecular flexibility index (Phi) is 11.3. The molecule has 0 saturated carbocycles. The summed E-state index contributed by atoms with van der Waals surface area (Å²) in [6, 6.07) is 5.48. The molecule has 0 saturated heterocycles. The number of carbonyl (C=O) groups excluding carboxylic acids is 2. The fourth-order valence-corrected chi connectivity index (χ4v) is 3.90. The standard InChI is InChI=1S/C20H24N2O2.C8H6O4/c1-5-9-13-14(10-6-2)18(20(22)24)16(12-8-4)15(11-7-3)17(13)19(21)23;9-7(10)5-3-1-2-4-6(5)8(11)12/h5-8H,1-4,9-12H2,(H2,21,23)(H2,22,24);1-4H,(H,9,10)(H,11,12). The van der Waals surface area contributed by atoms with Gasteiger partial charge in [-0.05, 0) is 60.1 Å². The van der Waals surface area contributed by atoms with Crippen molar-refractivity contribution in [1.82, 2.24) is 0 Å². The maximum absolute atomic E-state index is 12.2. The molecule has 0 radical (unpaired) electrons. The molecule has 188 valence electrons. The van der Waals surface area contributed by atoms with E-state index in [1.165, 1.54) is 24.3 Å². The maximum atomic E-state index is 12.2. The van der Waals surface area contributed by atoms with E-state index < -0.39 is 23.8 Å². The van der Waals surface area contributed by atoms with Crippen LogP contribution < -0.4 is 11.5 Å². The smallest absolute Gasteiger partial charge is 0.336 e. The molecule has 0 atom stereocenters. The monoisotopic (exact) mass is 490 g/mol. The van der Waals surface area contributed by atoms with Gasteiger partial charge in [0.15, 0.2) is 0 Å². The number of hydrogen-bond donors (Lipinski definition) is 4. The molecule has 6 N–H and O–H groups in total. The summed E-state index contributed by atoms with van der Waals surface area (Å²) in [5.74, 6) is -3.55. The number of hydrogen-bond acceptors (Lipinski definition) is 4. The van der Waals surface area contributed by atoms with E-state index in [1.807, 2.05) is 0 Å². The number of carboxylic acid groups (broad SMARTS) is 2. The first-order valence-electron chi connectivity index (χ1n) is 10.8. The van der Waals surface area contributed by atoms with E-state index in [1.54, 1.807) is 24.3 Å². The predicted octanol–water partition coefficient (Wildman–Crippen LogP) is 3.88. The van der Waals surface area contributed by atoms with E-state index in [2.05, 4.69) is 26.3 Å². The van der Waals surface area contributed by atoms with Gasteiger partial charge in [-0.1, -0.05) is 36.4 Å². The molecule has 0 aromatic heterocycles. The summed E-state index contributed by atoms with van der Waals surface area (Å²) in [6.45, 7) is 14.9. The van der Waals surface area contributed by atoms with Crippen LogP contribution in [0.25, 0.3) is 0 Å². The predicted molar refractivity (Wildman–Crippen MR) is 139 cm³/mol. The van der Waals surface area contributed by atoms with Crippen LogP contribution in [0.4, 0.5) is 0 Å². The molecule has 0 unspecified atom stereocenters. The minimum Gasteiger partial charge on any atom is -0.478 e. The van der Waals surface area contributed by atoms with E-state index in [0.717, 1.165) is 0 Å². The molecule has 2 aromatic rings. The fraction of sp³-hybridized carbons (Fsp3) is 0.143. The van der Waals surface area contributed by atoms with E-state index in [0.29, 0.717) is 59.1 Å². The van der Waals surface area contributed by atoms with Gasteiger partial charge in [0.2, 0.25) is 11.8 Å². The van der Waals surface area contributed by atoms with Crippen molar-refractivity contribution in [3.8, 4) is 0 Å². The maximum Gasteiger partial charge on any atom is 0.336 e. The van der Waals surface area contributed by atoms with Gasteiger partial charge in [0.1, 0.15) is 0 Å². The van der Waals surface area contributed by atoms with E-state index in [4.69, 9.17) is 21.7 Å². The average molecular weight is 491 g/mol. The molecule has 36 heavy (non-hydrogen) atoms. The normalized spacial score (nSPS) is 9.78. The Hall–Kier alpha value is -4.72. The van der Waals surface area contributed by atoms with Crippen molar-refractivity contribution >= 4 is 23.8 Å². The number of primary amides is 2. The highest BCUT2D eigenvalue weighted by Crippen LogP contribution is 2.31. The zero-order valence-electron chi connectivity index (χ0n) is 20.0. The lowest BCUT2D eigenvalue weighted by Gasteiger charge is -2.23. The topological polar surface area (TPSA) is 161 Å². The third-order valence-corrected chi connectivity index (χ3v) is 5.21. The summed E-state index contributed by atoms with van der Waals surface area (Å²) < 4.78 is 0. The summed E-state index contributed by atoms with van der Waals surface area (Å²) in [6.07, 6.45) is 8.29. The van der Waals surface area contributed by atoms with Crippen LogP contribution in [0.5, 0.6) is 0 Å². The molecule has 0 fully saturated rings. The lowest BCUT2D eigenvalue weighted by Crippen LogP contribution is -2.25. The number of carboxylic acids is 2. The van der Waals surface area contributed by atoms with Crippen molar-refractivity contribution in [3.05, 3.63) is 119 Å². The fourth-order valence-electron chi connectivity index (χ4n) is 3.90. The number of carbonyl (C=O) groups is 4. The molecule has 0 aliphatic heterocycles. The molecule has 0 bridgehead atoms. The zero-order chi connectivity index (χ0) is 27.4. The summed E-state index contributed by atoms with van der Waals surface area (Å²) >= 11 is 0. The lowest BCUT2D eigenvalue weighted by atomic mass is 9.81. The molecule has 0 aliphatic carbocycles. The van der Waals surface area contributed by atoms with Crippen molar-refractivity contribution in [3.63, 3.8) is 0 Å². The number of aromatic carboxylic acids is 2. The summed E-state index contributed by atoms with van der Waals surface area (Å²) in [5.41, 5.74) is 14.5. The average Bonchev–Trinajstić information content (AvgIpc) is 2.82.